The molecule has 248 valence electrons. The molecule has 2 aliphatic carbocycles. The lowest BCUT2D eigenvalue weighted by atomic mass is 9.70. The van der Waals surface area contributed by atoms with Gasteiger partial charge in [-0.2, -0.15) is 0 Å². The Kier molecular flexibility index (Phi) is 6.71. The van der Waals surface area contributed by atoms with Crippen molar-refractivity contribution in [1.82, 2.24) is 0 Å². The van der Waals surface area contributed by atoms with Crippen LogP contribution in [-0.2, 0) is 5.41 Å². The van der Waals surface area contributed by atoms with Crippen molar-refractivity contribution < 1.29 is 0 Å². The van der Waals surface area contributed by atoms with E-state index in [-0.39, 0.29) is 0 Å². The minimum absolute atomic E-state index is 0.428. The van der Waals surface area contributed by atoms with Gasteiger partial charge in [0.1, 0.15) is 0 Å². The van der Waals surface area contributed by atoms with Gasteiger partial charge in [0.05, 0.1) is 5.41 Å². The molecular formula is C51H33NS. The van der Waals surface area contributed by atoms with Crippen LogP contribution in [0.15, 0.2) is 200 Å². The van der Waals surface area contributed by atoms with Crippen molar-refractivity contribution in [3.63, 3.8) is 0 Å². The van der Waals surface area contributed by atoms with E-state index in [0.717, 1.165) is 17.1 Å². The number of anilines is 3. The van der Waals surface area contributed by atoms with Gasteiger partial charge in [0, 0.05) is 26.6 Å². The summed E-state index contributed by atoms with van der Waals surface area (Å²) < 4.78 is 1.34. The summed E-state index contributed by atoms with van der Waals surface area (Å²) in [6.45, 7) is 0. The smallest absolute Gasteiger partial charge is 0.0740 e. The molecule has 0 radical (unpaired) electrons. The summed E-state index contributed by atoms with van der Waals surface area (Å²) in [4.78, 5) is 3.82. The van der Waals surface area contributed by atoms with E-state index < -0.39 is 5.41 Å². The van der Waals surface area contributed by atoms with Crippen molar-refractivity contribution in [3.8, 4) is 43.8 Å². The summed E-state index contributed by atoms with van der Waals surface area (Å²) in [5.74, 6) is 0. The molecule has 0 fully saturated rings. The van der Waals surface area contributed by atoms with Crippen LogP contribution in [0.5, 0.6) is 0 Å². The molecule has 2 heteroatoms. The van der Waals surface area contributed by atoms with Crippen molar-refractivity contribution in [3.05, 3.63) is 222 Å². The molecule has 0 amide bonds. The third-order valence-electron chi connectivity index (χ3n) is 11.3. The summed E-state index contributed by atoms with van der Waals surface area (Å²) >= 11 is 1.93. The molecule has 1 aromatic heterocycles. The van der Waals surface area contributed by atoms with Crippen LogP contribution in [0.2, 0.25) is 0 Å². The van der Waals surface area contributed by atoms with Crippen LogP contribution < -0.4 is 4.90 Å². The fourth-order valence-electron chi connectivity index (χ4n) is 9.14. The second-order valence-corrected chi connectivity index (χ2v) is 15.1. The van der Waals surface area contributed by atoms with Crippen LogP contribution in [0.4, 0.5) is 17.1 Å². The minimum Gasteiger partial charge on any atom is -0.310 e. The van der Waals surface area contributed by atoms with Crippen molar-refractivity contribution in [2.75, 3.05) is 4.90 Å². The lowest BCUT2D eigenvalue weighted by Gasteiger charge is -2.32. The number of nitrogens with zero attached hydrogens (tertiary/aromatic N) is 1. The highest BCUT2D eigenvalue weighted by atomic mass is 32.1. The van der Waals surface area contributed by atoms with Gasteiger partial charge in [0.15, 0.2) is 0 Å². The topological polar surface area (TPSA) is 3.24 Å². The molecule has 0 saturated heterocycles. The molecule has 0 N–H and O–H groups in total. The monoisotopic (exact) mass is 691 g/mol. The van der Waals surface area contributed by atoms with Crippen LogP contribution in [0.3, 0.4) is 0 Å². The van der Waals surface area contributed by atoms with E-state index in [4.69, 9.17) is 0 Å². The molecule has 2 aliphatic rings. The highest BCUT2D eigenvalue weighted by Crippen LogP contribution is 2.66. The predicted octanol–water partition coefficient (Wildman–Crippen LogP) is 14.0. The Morgan fingerprint density at radius 3 is 1.62 bits per heavy atom. The van der Waals surface area contributed by atoms with Gasteiger partial charge in [-0.1, -0.05) is 158 Å². The second-order valence-electron chi connectivity index (χ2n) is 14.0. The summed E-state index contributed by atoms with van der Waals surface area (Å²) in [6, 6.07) is 73.7. The number of hydrogen-bond acceptors (Lipinski definition) is 2. The second kappa shape index (κ2) is 11.8. The van der Waals surface area contributed by atoms with Gasteiger partial charge in [0.25, 0.3) is 0 Å². The third kappa shape index (κ3) is 4.37. The minimum atomic E-state index is -0.428. The molecule has 1 spiro atoms. The van der Waals surface area contributed by atoms with Gasteiger partial charge in [-0.15, -0.1) is 11.3 Å². The van der Waals surface area contributed by atoms with Crippen LogP contribution in [0.1, 0.15) is 22.3 Å². The molecule has 9 aromatic rings. The van der Waals surface area contributed by atoms with E-state index in [1.807, 2.05) is 11.3 Å². The average Bonchev–Trinajstić information content (AvgIpc) is 3.86. The Bertz CT molecular complexity index is 2840. The van der Waals surface area contributed by atoms with E-state index in [1.54, 1.807) is 0 Å². The van der Waals surface area contributed by atoms with E-state index in [2.05, 4.69) is 205 Å². The molecule has 0 saturated carbocycles. The molecule has 0 aliphatic heterocycles. The van der Waals surface area contributed by atoms with E-state index in [1.165, 1.54) is 76.2 Å². The molecule has 0 bridgehead atoms. The molecule has 1 heterocycles. The molecule has 1 unspecified atom stereocenters. The van der Waals surface area contributed by atoms with Crippen molar-refractivity contribution in [1.29, 1.82) is 0 Å². The highest BCUT2D eigenvalue weighted by molar-refractivity contribution is 7.22. The van der Waals surface area contributed by atoms with Crippen molar-refractivity contribution in [2.24, 2.45) is 0 Å². The maximum atomic E-state index is 2.49. The third-order valence-corrected chi connectivity index (χ3v) is 12.5. The van der Waals surface area contributed by atoms with Crippen molar-refractivity contribution >= 4 is 38.5 Å². The van der Waals surface area contributed by atoms with Gasteiger partial charge in [-0.25, -0.2) is 0 Å². The zero-order valence-electron chi connectivity index (χ0n) is 28.9. The molecule has 1 atom stereocenters. The number of rotatable bonds is 5. The number of hydrogen-bond donors (Lipinski definition) is 0. The van der Waals surface area contributed by atoms with E-state index in [0.29, 0.717) is 0 Å². The van der Waals surface area contributed by atoms with Gasteiger partial charge >= 0.3 is 0 Å². The normalized spacial score (nSPS) is 14.9. The molecule has 1 nitrogen and oxygen atoms in total. The average molecular weight is 692 g/mol. The maximum absolute atomic E-state index is 2.49. The zero-order valence-corrected chi connectivity index (χ0v) is 29.7. The first-order valence-electron chi connectivity index (χ1n) is 18.3. The van der Waals surface area contributed by atoms with Crippen LogP contribution >= 0.6 is 11.3 Å². The first-order valence-corrected chi connectivity index (χ1v) is 19.1. The van der Waals surface area contributed by atoms with Gasteiger partial charge in [-0.05, 0) is 109 Å². The summed E-state index contributed by atoms with van der Waals surface area (Å²) in [6.07, 6.45) is 0. The van der Waals surface area contributed by atoms with Gasteiger partial charge in [-0.3, -0.25) is 0 Å². The fourth-order valence-corrected chi connectivity index (χ4v) is 10.4. The largest absolute Gasteiger partial charge is 0.310 e. The number of thiophene rings is 1. The fraction of sp³-hybridized carbons (Fsp3) is 0.0196. The Labute approximate surface area is 313 Å². The van der Waals surface area contributed by atoms with Crippen LogP contribution in [0.25, 0.3) is 53.9 Å². The Morgan fingerprint density at radius 2 is 0.887 bits per heavy atom. The first kappa shape index (κ1) is 30.2. The molecular weight excluding hydrogens is 659 g/mol. The lowest BCUT2D eigenvalue weighted by Crippen LogP contribution is -2.26. The summed E-state index contributed by atoms with van der Waals surface area (Å²) in [5.41, 5.74) is 17.3. The Balaban J connectivity index is 1.19. The zero-order chi connectivity index (χ0) is 34.9. The van der Waals surface area contributed by atoms with Crippen molar-refractivity contribution in [2.45, 2.75) is 5.41 Å². The van der Waals surface area contributed by atoms with Gasteiger partial charge in [0.2, 0.25) is 0 Å². The van der Waals surface area contributed by atoms with Crippen LogP contribution in [-0.4, -0.2) is 0 Å². The molecule has 11 rings (SSSR count). The standard InChI is InChI=1S/C51H33NS/c1-4-16-34(17-5-1)39-30-28-37(32-44(39)35-18-6-2-7-19-35)52(36-20-8-3-9-21-36)38-29-31-41-40-22-10-13-25-45(40)51(47(41)33-38)46-26-14-11-23-42(46)50-49(51)43-24-12-15-27-48(43)53-50/h1-33H. The van der Waals surface area contributed by atoms with E-state index >= 15 is 0 Å². The number of para-hydroxylation sites is 1. The Hall–Kier alpha value is -6.48. The molecule has 8 aromatic carbocycles. The maximum Gasteiger partial charge on any atom is 0.0740 e. The van der Waals surface area contributed by atoms with E-state index in [9.17, 15) is 0 Å². The number of benzene rings is 8. The Morgan fingerprint density at radius 1 is 0.358 bits per heavy atom. The predicted molar refractivity (Wildman–Crippen MR) is 224 cm³/mol. The molecule has 53 heavy (non-hydrogen) atoms. The highest BCUT2D eigenvalue weighted by Gasteiger charge is 2.53. The summed E-state index contributed by atoms with van der Waals surface area (Å²) in [7, 11) is 0. The number of fused-ring (bicyclic) bond motifs is 12. The van der Waals surface area contributed by atoms with Gasteiger partial charge < -0.3 is 4.90 Å². The quantitative estimate of drug-likeness (QED) is 0.174. The summed E-state index contributed by atoms with van der Waals surface area (Å²) in [5, 5.41) is 1.35. The SMILES string of the molecule is c1ccc(-c2ccc(N(c3ccccc3)c3ccc4c(c3)C3(c5ccccc5-4)c4ccccc4-c4sc5ccccc5c43)cc2-c2ccccc2)cc1. The van der Waals surface area contributed by atoms with Crippen LogP contribution in [0, 0.1) is 0 Å². The first-order chi connectivity index (χ1) is 26.3. The lowest BCUT2D eigenvalue weighted by molar-refractivity contribution is 0.802.